The first-order valence-corrected chi connectivity index (χ1v) is 11.1. The van der Waals surface area contributed by atoms with Crippen molar-refractivity contribution in [2.45, 2.75) is 89.2 Å². The number of ether oxygens (including phenoxy) is 2. The fraction of sp³-hybridized carbons (Fsp3) is 0.667. The normalized spacial score (nSPS) is 27.8. The number of halogens is 4. The topological polar surface area (TPSA) is 18.5 Å². The van der Waals surface area contributed by atoms with Crippen LogP contribution in [0.5, 0.6) is 0 Å². The van der Waals surface area contributed by atoms with Crippen LogP contribution in [0, 0.1) is 11.7 Å². The summed E-state index contributed by atoms with van der Waals surface area (Å²) < 4.78 is 67.7. The zero-order valence-electron chi connectivity index (χ0n) is 17.6. The number of hydrogen-bond acceptors (Lipinski definition) is 2. The number of hydrogen-bond donors (Lipinski definition) is 0. The van der Waals surface area contributed by atoms with Crippen molar-refractivity contribution < 1.29 is 27.0 Å². The Balaban J connectivity index is 1.70. The van der Waals surface area contributed by atoms with E-state index in [-0.39, 0.29) is 35.9 Å². The summed E-state index contributed by atoms with van der Waals surface area (Å²) in [7, 11) is 0. The fourth-order valence-corrected chi connectivity index (χ4v) is 4.71. The lowest BCUT2D eigenvalue weighted by Gasteiger charge is -2.30. The average Bonchev–Trinajstić information content (AvgIpc) is 2.72. The van der Waals surface area contributed by atoms with Crippen LogP contribution in [-0.4, -0.2) is 18.8 Å². The Bertz CT molecular complexity index is 700. The van der Waals surface area contributed by atoms with Gasteiger partial charge in [0.1, 0.15) is 5.82 Å². The molecule has 2 unspecified atom stereocenters. The number of benzene rings is 1. The van der Waals surface area contributed by atoms with Crippen LogP contribution in [0.3, 0.4) is 0 Å². The molecule has 0 spiro atoms. The van der Waals surface area contributed by atoms with Gasteiger partial charge in [0, 0.05) is 0 Å². The van der Waals surface area contributed by atoms with E-state index >= 15 is 4.39 Å². The van der Waals surface area contributed by atoms with E-state index in [1.807, 2.05) is 6.08 Å². The molecule has 2 aliphatic rings. The number of allylic oxidation sites excluding steroid dienone is 1. The van der Waals surface area contributed by atoms with Crippen molar-refractivity contribution in [1.29, 1.82) is 0 Å². The lowest BCUT2D eigenvalue weighted by atomic mass is 9.78. The number of rotatable bonds is 7. The molecule has 0 radical (unpaired) electrons. The Hall–Kier alpha value is -1.40. The summed E-state index contributed by atoms with van der Waals surface area (Å²) in [6.45, 7) is 5.99. The fourth-order valence-electron chi connectivity index (χ4n) is 4.71. The van der Waals surface area contributed by atoms with E-state index in [4.69, 9.17) is 9.47 Å². The SMILES string of the molecule is C=CC1CCC(c2ccc(COC3CCC(CCC)OC3)c(C(F)(F)F)c2F)CC1. The Morgan fingerprint density at radius 1 is 1.13 bits per heavy atom. The van der Waals surface area contributed by atoms with Gasteiger partial charge in [-0.3, -0.25) is 0 Å². The second kappa shape index (κ2) is 10.3. The maximum Gasteiger partial charge on any atom is 0.419 e. The lowest BCUT2D eigenvalue weighted by molar-refractivity contribution is -0.142. The highest BCUT2D eigenvalue weighted by Crippen LogP contribution is 2.42. The quantitative estimate of drug-likeness (QED) is 0.339. The third-order valence-corrected chi connectivity index (χ3v) is 6.50. The smallest absolute Gasteiger partial charge is 0.376 e. The summed E-state index contributed by atoms with van der Waals surface area (Å²) in [5.41, 5.74) is -1.14. The predicted molar refractivity (Wildman–Crippen MR) is 109 cm³/mol. The van der Waals surface area contributed by atoms with Gasteiger partial charge in [-0.15, -0.1) is 6.58 Å². The zero-order valence-corrected chi connectivity index (χ0v) is 17.6. The minimum Gasteiger partial charge on any atom is -0.376 e. The van der Waals surface area contributed by atoms with Crippen LogP contribution in [0.2, 0.25) is 0 Å². The molecule has 1 saturated heterocycles. The monoisotopic (exact) mass is 428 g/mol. The molecule has 30 heavy (non-hydrogen) atoms. The molecule has 168 valence electrons. The van der Waals surface area contributed by atoms with Gasteiger partial charge >= 0.3 is 6.18 Å². The summed E-state index contributed by atoms with van der Waals surface area (Å²) in [4.78, 5) is 0. The highest BCUT2D eigenvalue weighted by atomic mass is 19.4. The molecule has 2 nitrogen and oxygen atoms in total. The predicted octanol–water partition coefficient (Wildman–Crippen LogP) is 7.17. The molecule has 2 fully saturated rings. The molecule has 1 aromatic carbocycles. The van der Waals surface area contributed by atoms with Gasteiger partial charge in [0.15, 0.2) is 0 Å². The van der Waals surface area contributed by atoms with E-state index in [1.165, 1.54) is 12.1 Å². The molecule has 0 N–H and O–H groups in total. The first-order chi connectivity index (χ1) is 14.3. The van der Waals surface area contributed by atoms with Gasteiger partial charge in [0.05, 0.1) is 31.0 Å². The van der Waals surface area contributed by atoms with Gasteiger partial charge in [-0.1, -0.05) is 31.6 Å². The molecule has 1 heterocycles. The third-order valence-electron chi connectivity index (χ3n) is 6.50. The van der Waals surface area contributed by atoms with Crippen LogP contribution in [0.25, 0.3) is 0 Å². The molecule has 0 amide bonds. The van der Waals surface area contributed by atoms with Crippen molar-refractivity contribution in [3.63, 3.8) is 0 Å². The Kier molecular flexibility index (Phi) is 7.97. The second-order valence-electron chi connectivity index (χ2n) is 8.60. The summed E-state index contributed by atoms with van der Waals surface area (Å²) in [6, 6.07) is 2.92. The van der Waals surface area contributed by atoms with Crippen LogP contribution in [-0.2, 0) is 22.3 Å². The van der Waals surface area contributed by atoms with Crippen LogP contribution in [0.15, 0.2) is 24.8 Å². The Morgan fingerprint density at radius 2 is 1.87 bits per heavy atom. The standard InChI is InChI=1S/C24H32F4O2/c1-3-5-19-11-12-20(15-30-19)29-14-18-10-13-21(23(25)22(18)24(26,27)28)17-8-6-16(4-2)7-9-17/h4,10,13,16-17,19-20H,2-3,5-9,11-12,14-15H2,1H3. The van der Waals surface area contributed by atoms with Crippen molar-refractivity contribution in [3.05, 3.63) is 47.3 Å². The summed E-state index contributed by atoms with van der Waals surface area (Å²) in [5, 5.41) is 0. The van der Waals surface area contributed by atoms with E-state index in [0.29, 0.717) is 25.4 Å². The average molecular weight is 429 g/mol. The molecule has 1 aromatic rings. The molecule has 0 aromatic heterocycles. The Labute approximate surface area is 176 Å². The van der Waals surface area contributed by atoms with Gasteiger partial charge in [-0.25, -0.2) is 4.39 Å². The minimum atomic E-state index is -4.76. The third kappa shape index (κ3) is 5.64. The van der Waals surface area contributed by atoms with Crippen molar-refractivity contribution in [2.24, 2.45) is 5.92 Å². The van der Waals surface area contributed by atoms with Crippen LogP contribution in [0.4, 0.5) is 17.6 Å². The minimum absolute atomic E-state index is 0.140. The van der Waals surface area contributed by atoms with E-state index < -0.39 is 17.6 Å². The number of alkyl halides is 3. The van der Waals surface area contributed by atoms with Crippen LogP contribution < -0.4 is 0 Å². The van der Waals surface area contributed by atoms with Gasteiger partial charge in [0.2, 0.25) is 0 Å². The Morgan fingerprint density at radius 3 is 2.43 bits per heavy atom. The van der Waals surface area contributed by atoms with E-state index in [2.05, 4.69) is 13.5 Å². The molecule has 1 saturated carbocycles. The first kappa shape index (κ1) is 23.3. The van der Waals surface area contributed by atoms with Crippen molar-refractivity contribution in [1.82, 2.24) is 0 Å². The summed E-state index contributed by atoms with van der Waals surface area (Å²) in [5.74, 6) is -0.943. The van der Waals surface area contributed by atoms with E-state index in [0.717, 1.165) is 38.5 Å². The van der Waals surface area contributed by atoms with E-state index in [1.54, 1.807) is 0 Å². The molecule has 3 rings (SSSR count). The zero-order chi connectivity index (χ0) is 21.7. The van der Waals surface area contributed by atoms with Crippen LogP contribution >= 0.6 is 0 Å². The molecule has 1 aliphatic carbocycles. The van der Waals surface area contributed by atoms with Crippen molar-refractivity contribution >= 4 is 0 Å². The summed E-state index contributed by atoms with van der Waals surface area (Å²) in [6.07, 6.45) is 3.70. The molecular formula is C24H32F4O2. The molecule has 6 heteroatoms. The largest absolute Gasteiger partial charge is 0.419 e. The lowest BCUT2D eigenvalue weighted by Crippen LogP contribution is -2.31. The highest BCUT2D eigenvalue weighted by Gasteiger charge is 2.39. The highest BCUT2D eigenvalue weighted by molar-refractivity contribution is 5.37. The van der Waals surface area contributed by atoms with Crippen molar-refractivity contribution in [2.75, 3.05) is 6.61 Å². The maximum atomic E-state index is 15.1. The van der Waals surface area contributed by atoms with Crippen LogP contribution in [0.1, 0.15) is 80.9 Å². The van der Waals surface area contributed by atoms with Gasteiger partial charge in [-0.2, -0.15) is 13.2 Å². The second-order valence-corrected chi connectivity index (χ2v) is 8.60. The first-order valence-electron chi connectivity index (χ1n) is 11.1. The molecule has 0 bridgehead atoms. The van der Waals surface area contributed by atoms with Gasteiger partial charge in [0.25, 0.3) is 0 Å². The maximum absolute atomic E-state index is 15.1. The molecular weight excluding hydrogens is 396 g/mol. The van der Waals surface area contributed by atoms with Crippen molar-refractivity contribution in [3.8, 4) is 0 Å². The molecule has 2 atom stereocenters. The van der Waals surface area contributed by atoms with Gasteiger partial charge < -0.3 is 9.47 Å². The summed E-state index contributed by atoms with van der Waals surface area (Å²) >= 11 is 0. The van der Waals surface area contributed by atoms with Gasteiger partial charge in [-0.05, 0) is 67.9 Å². The van der Waals surface area contributed by atoms with E-state index in [9.17, 15) is 13.2 Å². The molecule has 1 aliphatic heterocycles.